The molecule has 7 heteroatoms. The maximum Gasteiger partial charge on any atom is 0.307 e. The molecule has 20 heavy (non-hydrogen) atoms. The third kappa shape index (κ3) is 2.39. The number of rotatable bonds is 3. The second-order valence-electron chi connectivity index (χ2n) is 4.21. The Morgan fingerprint density at radius 2 is 2.15 bits per heavy atom. The van der Waals surface area contributed by atoms with Crippen molar-refractivity contribution in [2.45, 2.75) is 13.5 Å². The Kier molecular flexibility index (Phi) is 3.42. The summed E-state index contributed by atoms with van der Waals surface area (Å²) in [4.78, 5) is 11.6. The zero-order valence-electron chi connectivity index (χ0n) is 10.5. The minimum absolute atomic E-state index is 0.0417. The SMILES string of the molecule is Cc1csc(=O)n1Cc1nnc(-c2ccccc2Cl)o1. The maximum atomic E-state index is 11.6. The molecule has 0 radical (unpaired) electrons. The number of benzene rings is 1. The molecule has 0 aliphatic rings. The van der Waals surface area contributed by atoms with Crippen LogP contribution >= 0.6 is 22.9 Å². The first-order valence-electron chi connectivity index (χ1n) is 5.87. The molecule has 0 aliphatic carbocycles. The summed E-state index contributed by atoms with van der Waals surface area (Å²) in [5, 5.41) is 10.3. The van der Waals surface area contributed by atoms with Crippen LogP contribution in [0.1, 0.15) is 11.6 Å². The molecule has 2 heterocycles. The van der Waals surface area contributed by atoms with E-state index < -0.39 is 0 Å². The van der Waals surface area contributed by atoms with Crippen molar-refractivity contribution in [3.8, 4) is 11.5 Å². The molecule has 0 atom stereocenters. The lowest BCUT2D eigenvalue weighted by Crippen LogP contribution is -2.15. The number of nitrogens with zero attached hydrogens (tertiary/aromatic N) is 3. The number of aryl methyl sites for hydroxylation is 1. The molecule has 5 nitrogen and oxygen atoms in total. The molecule has 102 valence electrons. The van der Waals surface area contributed by atoms with Gasteiger partial charge in [0.05, 0.1) is 10.6 Å². The predicted octanol–water partition coefficient (Wildman–Crippen LogP) is 2.97. The number of halogens is 1. The molecule has 0 unspecified atom stereocenters. The van der Waals surface area contributed by atoms with E-state index in [1.165, 1.54) is 0 Å². The lowest BCUT2D eigenvalue weighted by Gasteiger charge is -1.99. The van der Waals surface area contributed by atoms with Crippen LogP contribution in [0.3, 0.4) is 0 Å². The van der Waals surface area contributed by atoms with Crippen LogP contribution in [0.5, 0.6) is 0 Å². The third-order valence-electron chi connectivity index (χ3n) is 2.84. The Morgan fingerprint density at radius 3 is 2.85 bits per heavy atom. The Hall–Kier alpha value is -1.92. The number of aromatic nitrogens is 3. The van der Waals surface area contributed by atoms with Gasteiger partial charge in [0.15, 0.2) is 0 Å². The lowest BCUT2D eigenvalue weighted by atomic mass is 10.2. The van der Waals surface area contributed by atoms with Gasteiger partial charge in [-0.05, 0) is 19.1 Å². The first-order valence-corrected chi connectivity index (χ1v) is 7.13. The minimum atomic E-state index is -0.0417. The monoisotopic (exact) mass is 307 g/mol. The molecule has 2 aromatic heterocycles. The molecule has 0 fully saturated rings. The van der Waals surface area contributed by atoms with Crippen molar-refractivity contribution in [2.75, 3.05) is 0 Å². The van der Waals surface area contributed by atoms with E-state index in [-0.39, 0.29) is 11.4 Å². The van der Waals surface area contributed by atoms with Crippen molar-refractivity contribution >= 4 is 22.9 Å². The van der Waals surface area contributed by atoms with Gasteiger partial charge in [-0.2, -0.15) is 0 Å². The van der Waals surface area contributed by atoms with Crippen LogP contribution in [0.2, 0.25) is 5.02 Å². The highest BCUT2D eigenvalue weighted by molar-refractivity contribution is 7.07. The fraction of sp³-hybridized carbons (Fsp3) is 0.154. The molecular formula is C13H10ClN3O2S. The number of thiazole rings is 1. The minimum Gasteiger partial charge on any atom is -0.419 e. The second-order valence-corrected chi connectivity index (χ2v) is 5.44. The van der Waals surface area contributed by atoms with Gasteiger partial charge in [0.25, 0.3) is 0 Å². The topological polar surface area (TPSA) is 60.9 Å². The van der Waals surface area contributed by atoms with Crippen LogP contribution in [-0.2, 0) is 6.54 Å². The standard InChI is InChI=1S/C13H10ClN3O2S/c1-8-7-20-13(18)17(8)6-11-15-16-12(19-11)9-4-2-3-5-10(9)14/h2-5,7H,6H2,1H3. The van der Waals surface area contributed by atoms with Crippen molar-refractivity contribution in [2.24, 2.45) is 0 Å². The molecule has 0 N–H and O–H groups in total. The van der Waals surface area contributed by atoms with Crippen molar-refractivity contribution < 1.29 is 4.42 Å². The molecule has 0 spiro atoms. The van der Waals surface area contributed by atoms with Crippen LogP contribution in [-0.4, -0.2) is 14.8 Å². The van der Waals surface area contributed by atoms with Gasteiger partial charge in [-0.3, -0.25) is 9.36 Å². The summed E-state index contributed by atoms with van der Waals surface area (Å²) in [5.41, 5.74) is 1.56. The molecule has 0 bridgehead atoms. The summed E-state index contributed by atoms with van der Waals surface area (Å²) < 4.78 is 7.16. The Balaban J connectivity index is 1.92. The lowest BCUT2D eigenvalue weighted by molar-refractivity contribution is 0.484. The summed E-state index contributed by atoms with van der Waals surface area (Å²) in [5.74, 6) is 0.732. The fourth-order valence-electron chi connectivity index (χ4n) is 1.79. The fourth-order valence-corrected chi connectivity index (χ4v) is 2.74. The number of hydrogen-bond acceptors (Lipinski definition) is 5. The molecule has 3 aromatic rings. The van der Waals surface area contributed by atoms with Gasteiger partial charge < -0.3 is 4.42 Å². The average Bonchev–Trinajstić information content (AvgIpc) is 3.02. The summed E-state index contributed by atoms with van der Waals surface area (Å²) in [7, 11) is 0. The third-order valence-corrected chi connectivity index (χ3v) is 4.05. The van der Waals surface area contributed by atoms with E-state index in [0.29, 0.717) is 22.4 Å². The second kappa shape index (κ2) is 5.22. The van der Waals surface area contributed by atoms with E-state index in [1.54, 1.807) is 16.0 Å². The first-order chi connectivity index (χ1) is 9.65. The average molecular weight is 308 g/mol. The molecule has 0 aliphatic heterocycles. The highest BCUT2D eigenvalue weighted by Gasteiger charge is 2.13. The zero-order valence-corrected chi connectivity index (χ0v) is 12.1. The van der Waals surface area contributed by atoms with Gasteiger partial charge in [-0.1, -0.05) is 35.1 Å². The number of hydrogen-bond donors (Lipinski definition) is 0. The van der Waals surface area contributed by atoms with Crippen LogP contribution in [0.4, 0.5) is 0 Å². The van der Waals surface area contributed by atoms with Crippen LogP contribution in [0, 0.1) is 6.92 Å². The molecular weight excluding hydrogens is 298 g/mol. The van der Waals surface area contributed by atoms with Gasteiger partial charge in [0.2, 0.25) is 11.8 Å². The van der Waals surface area contributed by atoms with Crippen LogP contribution in [0.25, 0.3) is 11.5 Å². The van der Waals surface area contributed by atoms with Gasteiger partial charge >= 0.3 is 4.87 Å². The summed E-state index contributed by atoms with van der Waals surface area (Å²) in [6, 6.07) is 7.24. The predicted molar refractivity (Wildman–Crippen MR) is 77.2 cm³/mol. The molecule has 0 saturated carbocycles. The zero-order chi connectivity index (χ0) is 14.1. The molecule has 3 rings (SSSR count). The van der Waals surface area contributed by atoms with E-state index in [0.717, 1.165) is 17.0 Å². The van der Waals surface area contributed by atoms with Crippen LogP contribution in [0.15, 0.2) is 38.9 Å². The normalized spacial score (nSPS) is 10.9. The van der Waals surface area contributed by atoms with E-state index >= 15 is 0 Å². The van der Waals surface area contributed by atoms with E-state index in [9.17, 15) is 4.79 Å². The Labute approximate surface area is 123 Å². The van der Waals surface area contributed by atoms with Gasteiger partial charge in [0.1, 0.15) is 6.54 Å². The van der Waals surface area contributed by atoms with Crippen molar-refractivity contribution in [3.05, 3.63) is 55.9 Å². The van der Waals surface area contributed by atoms with E-state index in [4.69, 9.17) is 16.0 Å². The quantitative estimate of drug-likeness (QED) is 0.746. The Morgan fingerprint density at radius 1 is 1.35 bits per heavy atom. The van der Waals surface area contributed by atoms with Crippen molar-refractivity contribution in [1.82, 2.24) is 14.8 Å². The van der Waals surface area contributed by atoms with Crippen molar-refractivity contribution in [3.63, 3.8) is 0 Å². The van der Waals surface area contributed by atoms with Gasteiger partial charge in [-0.25, -0.2) is 0 Å². The van der Waals surface area contributed by atoms with Crippen molar-refractivity contribution in [1.29, 1.82) is 0 Å². The molecule has 1 aromatic carbocycles. The van der Waals surface area contributed by atoms with E-state index in [1.807, 2.05) is 25.1 Å². The largest absolute Gasteiger partial charge is 0.419 e. The van der Waals surface area contributed by atoms with E-state index in [2.05, 4.69) is 10.2 Å². The van der Waals surface area contributed by atoms with Crippen LogP contribution < -0.4 is 4.87 Å². The highest BCUT2D eigenvalue weighted by Crippen LogP contribution is 2.26. The van der Waals surface area contributed by atoms with Gasteiger partial charge in [0, 0.05) is 11.1 Å². The summed E-state index contributed by atoms with van der Waals surface area (Å²) in [6.45, 7) is 2.13. The summed E-state index contributed by atoms with van der Waals surface area (Å²) >= 11 is 7.23. The smallest absolute Gasteiger partial charge is 0.307 e. The molecule has 0 saturated heterocycles. The summed E-state index contributed by atoms with van der Waals surface area (Å²) in [6.07, 6.45) is 0. The highest BCUT2D eigenvalue weighted by atomic mass is 35.5. The maximum absolute atomic E-state index is 11.6. The van der Waals surface area contributed by atoms with Gasteiger partial charge in [-0.15, -0.1) is 10.2 Å². The Bertz CT molecular complexity index is 806. The first kappa shape index (κ1) is 13.1. The molecule has 0 amide bonds.